The highest BCUT2D eigenvalue weighted by Gasteiger charge is 2.50. The summed E-state index contributed by atoms with van der Waals surface area (Å²) in [7, 11) is 6.70. The van der Waals surface area contributed by atoms with Crippen LogP contribution in [-0.2, 0) is 9.53 Å². The lowest BCUT2D eigenvalue weighted by atomic mass is 9.73. The predicted octanol–water partition coefficient (Wildman–Crippen LogP) is 2.56. The Morgan fingerprint density at radius 1 is 0.933 bits per heavy atom. The number of carbonyl (C=O) groups excluding carboxylic acids is 1. The fourth-order valence-electron chi connectivity index (χ4n) is 4.78. The molecule has 158 valence electrons. The average molecular weight is 413 g/mol. The Labute approximate surface area is 174 Å². The van der Waals surface area contributed by atoms with E-state index in [-0.39, 0.29) is 30.6 Å². The van der Waals surface area contributed by atoms with Crippen molar-refractivity contribution in [3.8, 4) is 28.7 Å². The van der Waals surface area contributed by atoms with Crippen molar-refractivity contribution in [2.45, 2.75) is 12.0 Å². The fourth-order valence-corrected chi connectivity index (χ4v) is 4.78. The first-order valence-corrected chi connectivity index (χ1v) is 9.70. The second-order valence-corrected chi connectivity index (χ2v) is 7.53. The van der Waals surface area contributed by atoms with Gasteiger partial charge in [-0.15, -0.1) is 0 Å². The monoisotopic (exact) mass is 413 g/mol. The Bertz CT molecular complexity index is 996. The smallest absolute Gasteiger partial charge is 0.312 e. The van der Waals surface area contributed by atoms with E-state index in [4.69, 9.17) is 28.4 Å². The summed E-state index contributed by atoms with van der Waals surface area (Å²) in [5, 5.41) is 0. The van der Waals surface area contributed by atoms with Gasteiger partial charge in [-0.3, -0.25) is 4.79 Å². The van der Waals surface area contributed by atoms with E-state index in [0.717, 1.165) is 16.8 Å². The molecule has 5 rings (SSSR count). The number of ether oxygens (including phenoxy) is 6. The molecule has 3 aliphatic heterocycles. The lowest BCUT2D eigenvalue weighted by molar-refractivity contribution is -0.141. The van der Waals surface area contributed by atoms with Gasteiger partial charge in [0.2, 0.25) is 12.5 Å². The number of methoxy groups -OCH3 is 3. The van der Waals surface area contributed by atoms with Crippen LogP contribution in [0.3, 0.4) is 0 Å². The Kier molecular flexibility index (Phi) is 4.30. The van der Waals surface area contributed by atoms with Gasteiger partial charge in [-0.05, 0) is 29.3 Å². The summed E-state index contributed by atoms with van der Waals surface area (Å²) < 4.78 is 33.3. The van der Waals surface area contributed by atoms with Crippen molar-refractivity contribution in [3.05, 3.63) is 35.4 Å². The van der Waals surface area contributed by atoms with Crippen LogP contribution in [0.25, 0.3) is 0 Å². The highest BCUT2D eigenvalue weighted by Crippen LogP contribution is 2.53. The number of hydrogen-bond donors (Lipinski definition) is 0. The number of likely N-dealkylation sites (N-methyl/N-ethyl adjacent to an activating group) is 1. The number of hydrogen-bond acceptors (Lipinski definition) is 8. The maximum atomic E-state index is 12.8. The van der Waals surface area contributed by atoms with Gasteiger partial charge in [0.15, 0.2) is 23.0 Å². The lowest BCUT2D eigenvalue weighted by Gasteiger charge is -2.40. The van der Waals surface area contributed by atoms with Crippen molar-refractivity contribution in [1.82, 2.24) is 0 Å². The zero-order chi connectivity index (χ0) is 21.0. The molecule has 1 fully saturated rings. The third kappa shape index (κ3) is 2.56. The van der Waals surface area contributed by atoms with Crippen LogP contribution in [-0.4, -0.2) is 53.8 Å². The van der Waals surface area contributed by atoms with Crippen molar-refractivity contribution in [1.29, 1.82) is 0 Å². The van der Waals surface area contributed by atoms with Crippen molar-refractivity contribution in [2.75, 3.05) is 46.7 Å². The van der Waals surface area contributed by atoms with Crippen LogP contribution in [0.2, 0.25) is 0 Å². The summed E-state index contributed by atoms with van der Waals surface area (Å²) in [6.07, 6.45) is 0. The molecule has 1 saturated heterocycles. The molecule has 0 aliphatic carbocycles. The number of esters is 1. The van der Waals surface area contributed by atoms with Crippen LogP contribution < -0.4 is 28.6 Å². The zero-order valence-corrected chi connectivity index (χ0v) is 17.3. The topological polar surface area (TPSA) is 75.7 Å². The normalized spacial score (nSPS) is 23.5. The van der Waals surface area contributed by atoms with Gasteiger partial charge in [-0.25, -0.2) is 0 Å². The number of fused-ring (bicyclic) bond motifs is 3. The first-order chi connectivity index (χ1) is 14.6. The SMILES string of the molecule is COc1cc(C2c3cc4c(cc3N(C)C3COC(=O)C23)OCO4)cc(OC)c1OC. The molecule has 30 heavy (non-hydrogen) atoms. The second-order valence-electron chi connectivity index (χ2n) is 7.53. The van der Waals surface area contributed by atoms with E-state index in [9.17, 15) is 4.79 Å². The molecule has 0 amide bonds. The largest absolute Gasteiger partial charge is 0.493 e. The minimum absolute atomic E-state index is 0.0885. The molecule has 2 aromatic carbocycles. The number of anilines is 1. The van der Waals surface area contributed by atoms with Crippen LogP contribution in [0.15, 0.2) is 24.3 Å². The minimum Gasteiger partial charge on any atom is -0.493 e. The number of cyclic esters (lactones) is 1. The van der Waals surface area contributed by atoms with Gasteiger partial charge in [0.25, 0.3) is 0 Å². The first-order valence-electron chi connectivity index (χ1n) is 9.70. The molecular formula is C22H23NO7. The molecule has 0 bridgehead atoms. The standard InChI is InChI=1S/C22H23NO7/c1-23-13-8-16-15(29-10-30-16)7-12(13)19(20-14(23)9-28-22(20)24)11-5-17(25-2)21(27-4)18(6-11)26-3/h5-8,14,19-20H,9-10H2,1-4H3. The number of nitrogens with zero attached hydrogens (tertiary/aromatic N) is 1. The van der Waals surface area contributed by atoms with Gasteiger partial charge in [-0.1, -0.05) is 0 Å². The van der Waals surface area contributed by atoms with Gasteiger partial charge >= 0.3 is 5.97 Å². The molecule has 3 unspecified atom stereocenters. The highest BCUT2D eigenvalue weighted by molar-refractivity contribution is 5.82. The number of rotatable bonds is 4. The molecule has 8 heteroatoms. The number of carbonyl (C=O) groups is 1. The fraction of sp³-hybridized carbons (Fsp3) is 0.409. The van der Waals surface area contributed by atoms with E-state index < -0.39 is 0 Å². The van der Waals surface area contributed by atoms with E-state index in [1.807, 2.05) is 31.3 Å². The maximum Gasteiger partial charge on any atom is 0.312 e. The van der Waals surface area contributed by atoms with E-state index in [1.54, 1.807) is 21.3 Å². The molecule has 8 nitrogen and oxygen atoms in total. The Morgan fingerprint density at radius 3 is 2.23 bits per heavy atom. The summed E-state index contributed by atoms with van der Waals surface area (Å²) >= 11 is 0. The van der Waals surface area contributed by atoms with E-state index in [2.05, 4.69) is 4.90 Å². The van der Waals surface area contributed by atoms with E-state index in [0.29, 0.717) is 35.4 Å². The van der Waals surface area contributed by atoms with Crippen LogP contribution in [0.4, 0.5) is 5.69 Å². The molecule has 0 spiro atoms. The molecule has 0 aromatic heterocycles. The molecule has 3 aliphatic rings. The summed E-state index contributed by atoms with van der Waals surface area (Å²) in [4.78, 5) is 14.9. The summed E-state index contributed by atoms with van der Waals surface area (Å²) in [6.45, 7) is 0.528. The summed E-state index contributed by atoms with van der Waals surface area (Å²) in [6, 6.07) is 7.64. The van der Waals surface area contributed by atoms with Crippen molar-refractivity contribution < 1.29 is 33.2 Å². The van der Waals surface area contributed by atoms with Crippen LogP contribution >= 0.6 is 0 Å². The van der Waals surface area contributed by atoms with E-state index >= 15 is 0 Å². The third-order valence-corrected chi connectivity index (χ3v) is 6.22. The van der Waals surface area contributed by atoms with Gasteiger partial charge in [0.05, 0.1) is 33.3 Å². The van der Waals surface area contributed by atoms with Crippen LogP contribution in [0, 0.1) is 5.92 Å². The third-order valence-electron chi connectivity index (χ3n) is 6.22. The Balaban J connectivity index is 1.74. The average Bonchev–Trinajstić information content (AvgIpc) is 3.38. The molecule has 3 heterocycles. The molecule has 0 radical (unpaired) electrons. The van der Waals surface area contributed by atoms with Crippen molar-refractivity contribution in [2.24, 2.45) is 5.92 Å². The molecule has 0 saturated carbocycles. The molecule has 0 N–H and O–H groups in total. The van der Waals surface area contributed by atoms with Gasteiger partial charge in [-0.2, -0.15) is 0 Å². The predicted molar refractivity (Wildman–Crippen MR) is 107 cm³/mol. The quantitative estimate of drug-likeness (QED) is 0.708. The van der Waals surface area contributed by atoms with Gasteiger partial charge in [0, 0.05) is 24.7 Å². The molecular weight excluding hydrogens is 390 g/mol. The van der Waals surface area contributed by atoms with Crippen molar-refractivity contribution in [3.63, 3.8) is 0 Å². The number of benzene rings is 2. The summed E-state index contributed by atoms with van der Waals surface area (Å²) in [5.41, 5.74) is 2.83. The lowest BCUT2D eigenvalue weighted by Crippen LogP contribution is -2.45. The van der Waals surface area contributed by atoms with E-state index in [1.165, 1.54) is 0 Å². The maximum absolute atomic E-state index is 12.8. The van der Waals surface area contributed by atoms with Crippen LogP contribution in [0.1, 0.15) is 17.0 Å². The molecule has 2 aromatic rings. The minimum atomic E-state index is -0.370. The summed E-state index contributed by atoms with van der Waals surface area (Å²) in [5.74, 6) is 2.11. The highest BCUT2D eigenvalue weighted by atomic mass is 16.7. The molecule has 3 atom stereocenters. The first kappa shape index (κ1) is 18.7. The van der Waals surface area contributed by atoms with Crippen LogP contribution in [0.5, 0.6) is 28.7 Å². The Morgan fingerprint density at radius 2 is 1.60 bits per heavy atom. The van der Waals surface area contributed by atoms with Gasteiger partial charge < -0.3 is 33.3 Å². The Hall–Kier alpha value is -3.29. The van der Waals surface area contributed by atoms with Gasteiger partial charge in [0.1, 0.15) is 6.61 Å². The zero-order valence-electron chi connectivity index (χ0n) is 17.3. The van der Waals surface area contributed by atoms with Crippen molar-refractivity contribution >= 4 is 11.7 Å². The second kappa shape index (κ2) is 6.90.